The van der Waals surface area contributed by atoms with Gasteiger partial charge in [-0.15, -0.1) is 0 Å². The molecular formula is C19H24N4O. The van der Waals surface area contributed by atoms with Crippen LogP contribution in [0.3, 0.4) is 0 Å². The Morgan fingerprint density at radius 3 is 2.83 bits per heavy atom. The number of anilines is 1. The van der Waals surface area contributed by atoms with Crippen molar-refractivity contribution < 1.29 is 4.79 Å². The molecule has 0 unspecified atom stereocenters. The zero-order chi connectivity index (χ0) is 16.9. The Kier molecular flexibility index (Phi) is 5.11. The molecule has 0 bridgehead atoms. The lowest BCUT2D eigenvalue weighted by atomic mass is 10.1. The fourth-order valence-electron chi connectivity index (χ4n) is 3.04. The van der Waals surface area contributed by atoms with Gasteiger partial charge in [-0.25, -0.2) is 4.98 Å². The van der Waals surface area contributed by atoms with Crippen molar-refractivity contribution in [2.45, 2.75) is 19.9 Å². The van der Waals surface area contributed by atoms with E-state index in [0.29, 0.717) is 12.7 Å². The largest absolute Gasteiger partial charge is 0.354 e. The van der Waals surface area contributed by atoms with E-state index < -0.39 is 0 Å². The maximum absolute atomic E-state index is 12.3. The third kappa shape index (κ3) is 3.92. The van der Waals surface area contributed by atoms with Crippen LogP contribution in [0.5, 0.6) is 0 Å². The van der Waals surface area contributed by atoms with E-state index in [4.69, 9.17) is 0 Å². The van der Waals surface area contributed by atoms with E-state index in [1.54, 1.807) is 0 Å². The Hall–Kier alpha value is -2.40. The van der Waals surface area contributed by atoms with Crippen molar-refractivity contribution >= 4 is 11.7 Å². The van der Waals surface area contributed by atoms with Gasteiger partial charge in [0.1, 0.15) is 5.82 Å². The fraction of sp³-hybridized carbons (Fsp3) is 0.368. The minimum Gasteiger partial charge on any atom is -0.354 e. The molecule has 0 spiro atoms. The molecule has 126 valence electrons. The first kappa shape index (κ1) is 16.5. The summed E-state index contributed by atoms with van der Waals surface area (Å²) in [5.74, 6) is 1.01. The second-order valence-corrected chi connectivity index (χ2v) is 6.33. The highest BCUT2D eigenvalue weighted by molar-refractivity contribution is 5.94. The molecule has 1 saturated heterocycles. The lowest BCUT2D eigenvalue weighted by molar-refractivity contribution is 0.0898. The summed E-state index contributed by atoms with van der Waals surface area (Å²) in [7, 11) is 0. The molecule has 1 aliphatic rings. The van der Waals surface area contributed by atoms with Gasteiger partial charge in [-0.05, 0) is 38.1 Å². The molecule has 1 fully saturated rings. The van der Waals surface area contributed by atoms with E-state index in [-0.39, 0.29) is 5.91 Å². The Bertz CT molecular complexity index is 689. The van der Waals surface area contributed by atoms with Crippen molar-refractivity contribution in [1.29, 1.82) is 0 Å². The van der Waals surface area contributed by atoms with Gasteiger partial charge in [0, 0.05) is 37.4 Å². The SMILES string of the molecule is Cc1cccc(C(=O)NCN2CCN(c3ccccn3)C[C@H]2C)c1. The molecule has 5 nitrogen and oxygen atoms in total. The van der Waals surface area contributed by atoms with Gasteiger partial charge in [-0.2, -0.15) is 0 Å². The summed E-state index contributed by atoms with van der Waals surface area (Å²) < 4.78 is 0. The van der Waals surface area contributed by atoms with Gasteiger partial charge >= 0.3 is 0 Å². The predicted octanol–water partition coefficient (Wildman–Crippen LogP) is 2.29. The maximum Gasteiger partial charge on any atom is 0.252 e. The van der Waals surface area contributed by atoms with Crippen LogP contribution < -0.4 is 10.2 Å². The number of nitrogens with one attached hydrogen (secondary N) is 1. The van der Waals surface area contributed by atoms with Gasteiger partial charge in [0.05, 0.1) is 6.67 Å². The summed E-state index contributed by atoms with van der Waals surface area (Å²) in [5.41, 5.74) is 1.81. The normalized spacial score (nSPS) is 18.4. The summed E-state index contributed by atoms with van der Waals surface area (Å²) in [6.07, 6.45) is 1.83. The van der Waals surface area contributed by atoms with Gasteiger partial charge < -0.3 is 10.2 Å². The van der Waals surface area contributed by atoms with Gasteiger partial charge in [-0.1, -0.05) is 23.8 Å². The van der Waals surface area contributed by atoms with Gasteiger partial charge in [-0.3, -0.25) is 9.69 Å². The molecule has 1 aromatic carbocycles. The molecule has 5 heteroatoms. The number of hydrogen-bond acceptors (Lipinski definition) is 4. The zero-order valence-corrected chi connectivity index (χ0v) is 14.3. The van der Waals surface area contributed by atoms with Crippen molar-refractivity contribution in [3.05, 3.63) is 59.8 Å². The average Bonchev–Trinajstić information content (AvgIpc) is 2.61. The molecular weight excluding hydrogens is 300 g/mol. The molecule has 0 radical (unpaired) electrons. The molecule has 1 aromatic heterocycles. The van der Waals surface area contributed by atoms with E-state index in [1.165, 1.54) is 0 Å². The summed E-state index contributed by atoms with van der Waals surface area (Å²) in [6, 6.07) is 14.0. The van der Waals surface area contributed by atoms with Crippen molar-refractivity contribution in [3.63, 3.8) is 0 Å². The van der Waals surface area contributed by atoms with E-state index in [0.717, 1.165) is 36.6 Å². The Balaban J connectivity index is 1.53. The number of piperazine rings is 1. The first-order valence-corrected chi connectivity index (χ1v) is 8.38. The summed E-state index contributed by atoms with van der Waals surface area (Å²) >= 11 is 0. The van der Waals surface area contributed by atoms with Crippen molar-refractivity contribution in [2.24, 2.45) is 0 Å². The number of rotatable bonds is 4. The molecule has 1 aliphatic heterocycles. The summed E-state index contributed by atoms with van der Waals surface area (Å²) in [6.45, 7) is 7.50. The van der Waals surface area contributed by atoms with Crippen LogP contribution >= 0.6 is 0 Å². The minimum atomic E-state index is -0.0157. The van der Waals surface area contributed by atoms with Gasteiger partial charge in [0.15, 0.2) is 0 Å². The molecule has 2 heterocycles. The average molecular weight is 324 g/mol. The molecule has 1 N–H and O–H groups in total. The molecule has 0 aliphatic carbocycles. The van der Waals surface area contributed by atoms with Crippen LogP contribution in [0.25, 0.3) is 0 Å². The monoisotopic (exact) mass is 324 g/mol. The lowest BCUT2D eigenvalue weighted by Crippen LogP contribution is -2.55. The van der Waals surface area contributed by atoms with E-state index in [2.05, 4.69) is 27.0 Å². The number of benzene rings is 1. The Morgan fingerprint density at radius 2 is 2.12 bits per heavy atom. The standard InChI is InChI=1S/C19H24N4O/c1-15-6-5-7-17(12-15)19(24)21-14-23-11-10-22(13-16(23)2)18-8-3-4-9-20-18/h3-9,12,16H,10-11,13-14H2,1-2H3,(H,21,24)/t16-/m1/s1. The van der Waals surface area contributed by atoms with Crippen molar-refractivity contribution in [2.75, 3.05) is 31.2 Å². The van der Waals surface area contributed by atoms with Crippen molar-refractivity contribution in [3.8, 4) is 0 Å². The van der Waals surface area contributed by atoms with Crippen LogP contribution in [0.15, 0.2) is 48.7 Å². The van der Waals surface area contributed by atoms with E-state index in [9.17, 15) is 4.79 Å². The summed E-state index contributed by atoms with van der Waals surface area (Å²) in [5, 5.41) is 3.03. The summed E-state index contributed by atoms with van der Waals surface area (Å²) in [4.78, 5) is 21.3. The van der Waals surface area contributed by atoms with E-state index in [1.807, 2.05) is 55.6 Å². The second kappa shape index (κ2) is 7.45. The third-order valence-electron chi connectivity index (χ3n) is 4.46. The van der Waals surface area contributed by atoms with Crippen LogP contribution in [0, 0.1) is 6.92 Å². The topological polar surface area (TPSA) is 48.5 Å². The lowest BCUT2D eigenvalue weighted by Gasteiger charge is -2.40. The van der Waals surface area contributed by atoms with Crippen LogP contribution in [-0.2, 0) is 0 Å². The van der Waals surface area contributed by atoms with Gasteiger partial charge in [0.2, 0.25) is 0 Å². The number of pyridine rings is 1. The van der Waals surface area contributed by atoms with Crippen LogP contribution in [0.4, 0.5) is 5.82 Å². The predicted molar refractivity (Wildman–Crippen MR) is 96.1 cm³/mol. The minimum absolute atomic E-state index is 0.0157. The van der Waals surface area contributed by atoms with E-state index >= 15 is 0 Å². The number of amides is 1. The number of nitrogens with zero attached hydrogens (tertiary/aromatic N) is 3. The van der Waals surface area contributed by atoms with Crippen LogP contribution in [0.1, 0.15) is 22.8 Å². The molecule has 0 saturated carbocycles. The highest BCUT2D eigenvalue weighted by Crippen LogP contribution is 2.16. The second-order valence-electron chi connectivity index (χ2n) is 6.33. The smallest absolute Gasteiger partial charge is 0.252 e. The Morgan fingerprint density at radius 1 is 1.25 bits per heavy atom. The quantitative estimate of drug-likeness (QED) is 0.937. The highest BCUT2D eigenvalue weighted by Gasteiger charge is 2.24. The number of aromatic nitrogens is 1. The molecule has 2 aromatic rings. The number of carbonyl (C=O) groups excluding carboxylic acids is 1. The molecule has 3 rings (SSSR count). The number of aryl methyl sites for hydroxylation is 1. The molecule has 1 amide bonds. The maximum atomic E-state index is 12.3. The van der Waals surface area contributed by atoms with Crippen molar-refractivity contribution in [1.82, 2.24) is 15.2 Å². The van der Waals surface area contributed by atoms with Crippen LogP contribution in [-0.4, -0.2) is 48.1 Å². The van der Waals surface area contributed by atoms with Gasteiger partial charge in [0.25, 0.3) is 5.91 Å². The highest BCUT2D eigenvalue weighted by atomic mass is 16.1. The van der Waals surface area contributed by atoms with Crippen LogP contribution in [0.2, 0.25) is 0 Å². The fourth-order valence-corrected chi connectivity index (χ4v) is 3.04. The third-order valence-corrected chi connectivity index (χ3v) is 4.46. The first-order valence-electron chi connectivity index (χ1n) is 8.38. The molecule has 1 atom stereocenters. The first-order chi connectivity index (χ1) is 11.6. The number of carbonyl (C=O) groups is 1. The Labute approximate surface area is 143 Å². The molecule has 24 heavy (non-hydrogen) atoms. The number of hydrogen-bond donors (Lipinski definition) is 1. The zero-order valence-electron chi connectivity index (χ0n) is 14.3.